The molecule has 1 fully saturated rings. The zero-order chi connectivity index (χ0) is 16.9. The Hall–Kier alpha value is -2.41. The number of hydrogen-bond donors (Lipinski definition) is 0. The van der Waals surface area contributed by atoms with Crippen LogP contribution in [0.15, 0.2) is 30.5 Å². The summed E-state index contributed by atoms with van der Waals surface area (Å²) >= 11 is 0. The van der Waals surface area contributed by atoms with Crippen LogP contribution < -0.4 is 14.5 Å². The van der Waals surface area contributed by atoms with Gasteiger partial charge in [-0.2, -0.15) is 0 Å². The number of aromatic nitrogens is 3. The van der Waals surface area contributed by atoms with Crippen molar-refractivity contribution in [3.63, 3.8) is 0 Å². The maximum absolute atomic E-state index is 5.19. The van der Waals surface area contributed by atoms with Crippen molar-refractivity contribution in [3.05, 3.63) is 36.0 Å². The molecule has 1 aliphatic heterocycles. The molecule has 7 nitrogen and oxygen atoms in total. The molecule has 3 heterocycles. The molecule has 0 aromatic carbocycles. The third kappa shape index (κ3) is 3.91. The molecule has 24 heavy (non-hydrogen) atoms. The van der Waals surface area contributed by atoms with Crippen LogP contribution in [0.2, 0.25) is 0 Å². The van der Waals surface area contributed by atoms with Gasteiger partial charge in [0, 0.05) is 59.1 Å². The summed E-state index contributed by atoms with van der Waals surface area (Å²) in [5, 5.41) is 8.61. The fourth-order valence-electron chi connectivity index (χ4n) is 2.78. The number of hydrogen-bond acceptors (Lipinski definition) is 7. The highest BCUT2D eigenvalue weighted by atomic mass is 16.5. The van der Waals surface area contributed by atoms with Gasteiger partial charge in [-0.1, -0.05) is 0 Å². The maximum Gasteiger partial charge on any atom is 0.213 e. The van der Waals surface area contributed by atoms with Gasteiger partial charge in [-0.15, -0.1) is 10.2 Å². The summed E-state index contributed by atoms with van der Waals surface area (Å²) in [5.74, 6) is 2.50. The van der Waals surface area contributed by atoms with Crippen LogP contribution >= 0.6 is 0 Å². The highest BCUT2D eigenvalue weighted by molar-refractivity contribution is 5.44. The van der Waals surface area contributed by atoms with Crippen LogP contribution in [0.1, 0.15) is 5.56 Å². The number of rotatable bonds is 5. The van der Waals surface area contributed by atoms with Crippen LogP contribution in [-0.2, 0) is 6.54 Å². The molecule has 1 saturated heterocycles. The molecule has 0 radical (unpaired) electrons. The standard InChI is InChI=1S/C17H24N6O/c1-21(2)15-4-5-16(20-19-15)23-10-8-22(9-11-23)13-14-6-7-18-17(12-14)24-3/h4-7,12H,8-11,13H2,1-3H3. The minimum absolute atomic E-state index is 0.669. The molecular weight excluding hydrogens is 304 g/mol. The Morgan fingerprint density at radius 3 is 2.50 bits per heavy atom. The Labute approximate surface area is 142 Å². The Kier molecular flexibility index (Phi) is 5.10. The molecule has 0 spiro atoms. The van der Waals surface area contributed by atoms with Crippen molar-refractivity contribution in [2.75, 3.05) is 57.2 Å². The first-order valence-electron chi connectivity index (χ1n) is 8.13. The quantitative estimate of drug-likeness (QED) is 0.819. The topological polar surface area (TPSA) is 57.6 Å². The van der Waals surface area contributed by atoms with Gasteiger partial charge in [-0.3, -0.25) is 4.90 Å². The molecule has 1 aliphatic rings. The third-order valence-electron chi connectivity index (χ3n) is 4.21. The molecule has 2 aromatic rings. The summed E-state index contributed by atoms with van der Waals surface area (Å²) in [7, 11) is 5.58. The smallest absolute Gasteiger partial charge is 0.213 e. The van der Waals surface area contributed by atoms with Gasteiger partial charge in [0.15, 0.2) is 11.6 Å². The molecular formula is C17H24N6O. The molecule has 7 heteroatoms. The van der Waals surface area contributed by atoms with E-state index in [4.69, 9.17) is 4.74 Å². The fourth-order valence-corrected chi connectivity index (χ4v) is 2.78. The van der Waals surface area contributed by atoms with Crippen molar-refractivity contribution in [1.82, 2.24) is 20.1 Å². The van der Waals surface area contributed by atoms with Crippen molar-refractivity contribution >= 4 is 11.6 Å². The molecule has 0 saturated carbocycles. The second-order valence-electron chi connectivity index (χ2n) is 6.11. The largest absolute Gasteiger partial charge is 0.481 e. The monoisotopic (exact) mass is 328 g/mol. The summed E-state index contributed by atoms with van der Waals surface area (Å²) in [6, 6.07) is 8.10. The fraction of sp³-hybridized carbons (Fsp3) is 0.471. The summed E-state index contributed by atoms with van der Waals surface area (Å²) in [6.07, 6.45) is 1.80. The van der Waals surface area contributed by atoms with Gasteiger partial charge in [0.2, 0.25) is 5.88 Å². The first-order chi connectivity index (χ1) is 11.7. The van der Waals surface area contributed by atoms with Gasteiger partial charge in [0.05, 0.1) is 7.11 Å². The lowest BCUT2D eigenvalue weighted by atomic mass is 10.2. The van der Waals surface area contributed by atoms with Crippen molar-refractivity contribution in [2.24, 2.45) is 0 Å². The first kappa shape index (κ1) is 16.4. The lowest BCUT2D eigenvalue weighted by Crippen LogP contribution is -2.46. The van der Waals surface area contributed by atoms with E-state index < -0.39 is 0 Å². The van der Waals surface area contributed by atoms with Crippen LogP contribution in [0.25, 0.3) is 0 Å². The molecule has 2 aromatic heterocycles. The van der Waals surface area contributed by atoms with Crippen molar-refractivity contribution in [2.45, 2.75) is 6.54 Å². The minimum atomic E-state index is 0.669. The van der Waals surface area contributed by atoms with Gasteiger partial charge in [0.1, 0.15) is 0 Å². The number of anilines is 2. The van der Waals surface area contributed by atoms with E-state index >= 15 is 0 Å². The van der Waals surface area contributed by atoms with Crippen LogP contribution in [0.3, 0.4) is 0 Å². The lowest BCUT2D eigenvalue weighted by molar-refractivity contribution is 0.248. The molecule has 3 rings (SSSR count). The molecule has 0 amide bonds. The summed E-state index contributed by atoms with van der Waals surface area (Å²) in [6.45, 7) is 4.83. The van der Waals surface area contributed by atoms with E-state index in [9.17, 15) is 0 Å². The van der Waals surface area contributed by atoms with E-state index in [2.05, 4.69) is 25.0 Å². The van der Waals surface area contributed by atoms with Gasteiger partial charge in [0.25, 0.3) is 0 Å². The van der Waals surface area contributed by atoms with E-state index in [-0.39, 0.29) is 0 Å². The molecule has 0 N–H and O–H groups in total. The SMILES string of the molecule is COc1cc(CN2CCN(c3ccc(N(C)C)nn3)CC2)ccn1. The number of pyridine rings is 1. The normalized spacial score (nSPS) is 15.4. The van der Waals surface area contributed by atoms with Gasteiger partial charge >= 0.3 is 0 Å². The summed E-state index contributed by atoms with van der Waals surface area (Å²) in [5.41, 5.74) is 1.23. The number of ether oxygens (including phenoxy) is 1. The van der Waals surface area contributed by atoms with Crippen LogP contribution in [0, 0.1) is 0 Å². The van der Waals surface area contributed by atoms with E-state index in [0.29, 0.717) is 5.88 Å². The second kappa shape index (κ2) is 7.44. The average Bonchev–Trinajstić information content (AvgIpc) is 2.62. The van der Waals surface area contributed by atoms with Gasteiger partial charge in [-0.25, -0.2) is 4.98 Å². The Balaban J connectivity index is 1.55. The van der Waals surface area contributed by atoms with Gasteiger partial charge < -0.3 is 14.5 Å². The summed E-state index contributed by atoms with van der Waals surface area (Å²) in [4.78, 5) is 10.8. The highest BCUT2D eigenvalue weighted by Gasteiger charge is 2.18. The predicted molar refractivity (Wildman–Crippen MR) is 94.6 cm³/mol. The number of nitrogens with zero attached hydrogens (tertiary/aromatic N) is 6. The molecule has 0 unspecified atom stereocenters. The van der Waals surface area contributed by atoms with Crippen LogP contribution in [0.5, 0.6) is 5.88 Å². The average molecular weight is 328 g/mol. The molecule has 0 aliphatic carbocycles. The molecule has 0 bridgehead atoms. The lowest BCUT2D eigenvalue weighted by Gasteiger charge is -2.35. The Morgan fingerprint density at radius 2 is 1.88 bits per heavy atom. The van der Waals surface area contributed by atoms with Crippen molar-refractivity contribution in [1.29, 1.82) is 0 Å². The first-order valence-corrected chi connectivity index (χ1v) is 8.13. The number of methoxy groups -OCH3 is 1. The second-order valence-corrected chi connectivity index (χ2v) is 6.11. The van der Waals surface area contributed by atoms with E-state index in [1.807, 2.05) is 43.3 Å². The zero-order valence-electron chi connectivity index (χ0n) is 14.5. The number of piperazine rings is 1. The van der Waals surface area contributed by atoms with Crippen LogP contribution in [-0.4, -0.2) is 67.5 Å². The summed E-state index contributed by atoms with van der Waals surface area (Å²) < 4.78 is 5.19. The molecule has 0 atom stereocenters. The Bertz CT molecular complexity index is 652. The van der Waals surface area contributed by atoms with E-state index in [1.165, 1.54) is 5.56 Å². The predicted octanol–water partition coefficient (Wildman–Crippen LogP) is 1.27. The maximum atomic E-state index is 5.19. The highest BCUT2D eigenvalue weighted by Crippen LogP contribution is 2.17. The van der Waals surface area contributed by atoms with Crippen molar-refractivity contribution < 1.29 is 4.74 Å². The van der Waals surface area contributed by atoms with Crippen LogP contribution in [0.4, 0.5) is 11.6 Å². The molecule has 128 valence electrons. The Morgan fingerprint density at radius 1 is 1.08 bits per heavy atom. The van der Waals surface area contributed by atoms with E-state index in [0.717, 1.165) is 44.4 Å². The third-order valence-corrected chi connectivity index (χ3v) is 4.21. The zero-order valence-corrected chi connectivity index (χ0v) is 14.5. The van der Waals surface area contributed by atoms with E-state index in [1.54, 1.807) is 13.3 Å². The minimum Gasteiger partial charge on any atom is -0.481 e. The van der Waals surface area contributed by atoms with Gasteiger partial charge in [-0.05, 0) is 23.8 Å². The van der Waals surface area contributed by atoms with Crippen molar-refractivity contribution in [3.8, 4) is 5.88 Å².